The smallest absolute Gasteiger partial charge is 0.130 e. The molecule has 92 valence electrons. The van der Waals surface area contributed by atoms with Crippen molar-refractivity contribution in [3.63, 3.8) is 0 Å². The molecule has 1 N–H and O–H groups in total. The summed E-state index contributed by atoms with van der Waals surface area (Å²) in [5.74, 6) is 0.732. The summed E-state index contributed by atoms with van der Waals surface area (Å²) in [4.78, 5) is 0. The van der Waals surface area contributed by atoms with Gasteiger partial charge in [-0.3, -0.25) is 4.68 Å². The molecule has 0 spiro atoms. The van der Waals surface area contributed by atoms with Crippen molar-refractivity contribution in [3.05, 3.63) is 40.1 Å². The number of halogens is 1. The largest absolute Gasteiger partial charge is 0.469 e. The Bertz CT molecular complexity index is 531. The molecule has 0 radical (unpaired) electrons. The van der Waals surface area contributed by atoms with Crippen molar-refractivity contribution in [2.75, 3.05) is 0 Å². The van der Waals surface area contributed by atoms with Crippen molar-refractivity contribution in [1.29, 1.82) is 0 Å². The molecule has 4 nitrogen and oxygen atoms in total. The number of aliphatic hydroxyl groups is 1. The van der Waals surface area contributed by atoms with Crippen LogP contribution < -0.4 is 0 Å². The van der Waals surface area contributed by atoms with Gasteiger partial charge in [0, 0.05) is 24.6 Å². The first-order valence-electron chi connectivity index (χ1n) is 5.40. The van der Waals surface area contributed by atoms with E-state index in [0.717, 1.165) is 22.6 Å². The molecule has 0 bridgehead atoms. The van der Waals surface area contributed by atoms with E-state index in [9.17, 15) is 5.11 Å². The molecule has 2 heterocycles. The molecule has 0 amide bonds. The van der Waals surface area contributed by atoms with E-state index < -0.39 is 6.10 Å². The molecular weight excluding hydrogens is 240 g/mol. The highest BCUT2D eigenvalue weighted by Crippen LogP contribution is 2.27. The van der Waals surface area contributed by atoms with Crippen LogP contribution in [-0.2, 0) is 13.5 Å². The van der Waals surface area contributed by atoms with Gasteiger partial charge in [0.15, 0.2) is 0 Å². The van der Waals surface area contributed by atoms with Gasteiger partial charge in [0.2, 0.25) is 0 Å². The van der Waals surface area contributed by atoms with Crippen LogP contribution in [0.3, 0.4) is 0 Å². The summed E-state index contributed by atoms with van der Waals surface area (Å²) < 4.78 is 6.79. The summed E-state index contributed by atoms with van der Waals surface area (Å²) >= 11 is 6.13. The van der Waals surface area contributed by atoms with Gasteiger partial charge >= 0.3 is 0 Å². The number of hydrogen-bond acceptors (Lipinski definition) is 3. The van der Waals surface area contributed by atoms with Crippen molar-refractivity contribution in [2.45, 2.75) is 26.4 Å². The summed E-state index contributed by atoms with van der Waals surface area (Å²) in [7, 11) is 1.79. The fraction of sp³-hybridized carbons (Fsp3) is 0.417. The van der Waals surface area contributed by atoms with Gasteiger partial charge in [0.25, 0.3) is 0 Å². The maximum atomic E-state index is 10.1. The maximum Gasteiger partial charge on any atom is 0.130 e. The zero-order chi connectivity index (χ0) is 12.6. The molecule has 0 aliphatic heterocycles. The summed E-state index contributed by atoms with van der Waals surface area (Å²) in [5, 5.41) is 14.9. The van der Waals surface area contributed by atoms with E-state index in [0.29, 0.717) is 11.6 Å². The van der Waals surface area contributed by atoms with Crippen molar-refractivity contribution < 1.29 is 9.52 Å². The monoisotopic (exact) mass is 254 g/mol. The van der Waals surface area contributed by atoms with Crippen LogP contribution in [0.5, 0.6) is 0 Å². The van der Waals surface area contributed by atoms with Crippen LogP contribution in [0.1, 0.15) is 28.7 Å². The zero-order valence-electron chi connectivity index (χ0n) is 10.1. The number of hydrogen-bond donors (Lipinski definition) is 1. The fourth-order valence-corrected chi connectivity index (χ4v) is 2.20. The molecular formula is C12H15ClN2O2. The second-order valence-corrected chi connectivity index (χ2v) is 4.49. The Morgan fingerprint density at radius 1 is 1.53 bits per heavy atom. The van der Waals surface area contributed by atoms with Crippen LogP contribution in [-0.4, -0.2) is 14.9 Å². The highest BCUT2D eigenvalue weighted by atomic mass is 35.5. The quantitative estimate of drug-likeness (QED) is 0.916. The van der Waals surface area contributed by atoms with Gasteiger partial charge in [-0.15, -0.1) is 0 Å². The van der Waals surface area contributed by atoms with Crippen LogP contribution in [0.25, 0.3) is 0 Å². The van der Waals surface area contributed by atoms with E-state index >= 15 is 0 Å². The molecule has 0 aromatic carbocycles. The molecule has 2 aromatic heterocycles. The second kappa shape index (κ2) is 4.55. The molecule has 1 unspecified atom stereocenters. The third kappa shape index (κ3) is 2.23. The van der Waals surface area contributed by atoms with E-state index in [1.54, 1.807) is 24.1 Å². The van der Waals surface area contributed by atoms with E-state index in [1.807, 2.05) is 13.8 Å². The van der Waals surface area contributed by atoms with Crippen molar-refractivity contribution in [2.24, 2.45) is 7.05 Å². The predicted molar refractivity (Wildman–Crippen MR) is 65.1 cm³/mol. The van der Waals surface area contributed by atoms with Crippen LogP contribution in [0.4, 0.5) is 0 Å². The lowest BCUT2D eigenvalue weighted by atomic mass is 10.0. The Balaban J connectivity index is 2.24. The molecule has 0 aliphatic carbocycles. The third-order valence-electron chi connectivity index (χ3n) is 2.93. The first-order valence-corrected chi connectivity index (χ1v) is 5.78. The summed E-state index contributed by atoms with van der Waals surface area (Å²) in [6.07, 6.45) is 1.40. The van der Waals surface area contributed by atoms with Crippen LogP contribution in [0, 0.1) is 13.8 Å². The molecule has 2 aromatic rings. The van der Waals surface area contributed by atoms with Gasteiger partial charge in [-0.2, -0.15) is 5.10 Å². The van der Waals surface area contributed by atoms with Gasteiger partial charge < -0.3 is 9.52 Å². The molecule has 0 saturated heterocycles. The number of nitrogens with zero attached hydrogens (tertiary/aromatic N) is 2. The predicted octanol–water partition coefficient (Wildman–Crippen LogP) is 2.56. The second-order valence-electron chi connectivity index (χ2n) is 4.13. The molecule has 0 saturated carbocycles. The maximum absolute atomic E-state index is 10.1. The van der Waals surface area contributed by atoms with E-state index in [2.05, 4.69) is 5.10 Å². The lowest BCUT2D eigenvalue weighted by Gasteiger charge is -2.09. The number of aryl methyl sites for hydroxylation is 3. The SMILES string of the molecule is Cc1nn(C)c(Cl)c1CC(O)c1ccoc1C. The number of aromatic nitrogens is 2. The highest BCUT2D eigenvalue weighted by molar-refractivity contribution is 6.30. The van der Waals surface area contributed by atoms with Gasteiger partial charge in [-0.25, -0.2) is 0 Å². The molecule has 2 rings (SSSR count). The average molecular weight is 255 g/mol. The standard InChI is InChI=1S/C12H15ClN2O2/c1-7-10(12(13)15(3)14-7)6-11(16)9-4-5-17-8(9)2/h4-5,11,16H,6H2,1-3H3. The Hall–Kier alpha value is -1.26. The normalized spacial score (nSPS) is 13.0. The van der Waals surface area contributed by atoms with Gasteiger partial charge in [0.05, 0.1) is 18.1 Å². The van der Waals surface area contributed by atoms with Gasteiger partial charge in [-0.05, 0) is 19.9 Å². The molecule has 1 atom stereocenters. The number of aliphatic hydroxyl groups excluding tert-OH is 1. The highest BCUT2D eigenvalue weighted by Gasteiger charge is 2.19. The lowest BCUT2D eigenvalue weighted by Crippen LogP contribution is -2.03. The van der Waals surface area contributed by atoms with Crippen molar-refractivity contribution in [3.8, 4) is 0 Å². The molecule has 0 fully saturated rings. The Morgan fingerprint density at radius 2 is 2.24 bits per heavy atom. The number of furan rings is 1. The third-order valence-corrected chi connectivity index (χ3v) is 3.40. The van der Waals surface area contributed by atoms with E-state index in [4.69, 9.17) is 16.0 Å². The van der Waals surface area contributed by atoms with E-state index in [-0.39, 0.29) is 0 Å². The van der Waals surface area contributed by atoms with Crippen LogP contribution in [0.2, 0.25) is 5.15 Å². The minimum Gasteiger partial charge on any atom is -0.469 e. The Morgan fingerprint density at radius 3 is 2.71 bits per heavy atom. The minimum atomic E-state index is -0.617. The lowest BCUT2D eigenvalue weighted by molar-refractivity contribution is 0.176. The van der Waals surface area contributed by atoms with Gasteiger partial charge in [-0.1, -0.05) is 11.6 Å². The van der Waals surface area contributed by atoms with Crippen molar-refractivity contribution in [1.82, 2.24) is 9.78 Å². The summed E-state index contributed by atoms with van der Waals surface area (Å²) in [5.41, 5.74) is 2.52. The first kappa shape index (κ1) is 12.2. The molecule has 0 aliphatic rings. The molecule has 5 heteroatoms. The average Bonchev–Trinajstić information content (AvgIpc) is 2.78. The topological polar surface area (TPSA) is 51.2 Å². The van der Waals surface area contributed by atoms with Gasteiger partial charge in [0.1, 0.15) is 10.9 Å². The number of rotatable bonds is 3. The Kier molecular flexibility index (Phi) is 3.26. The van der Waals surface area contributed by atoms with E-state index in [1.165, 1.54) is 0 Å². The van der Waals surface area contributed by atoms with Crippen LogP contribution in [0.15, 0.2) is 16.7 Å². The first-order chi connectivity index (χ1) is 8.00. The zero-order valence-corrected chi connectivity index (χ0v) is 10.8. The fourth-order valence-electron chi connectivity index (χ4n) is 1.95. The van der Waals surface area contributed by atoms with Crippen LogP contribution >= 0.6 is 11.6 Å². The summed E-state index contributed by atoms with van der Waals surface area (Å²) in [6, 6.07) is 1.78. The minimum absolute atomic E-state index is 0.443. The molecule has 17 heavy (non-hydrogen) atoms. The summed E-state index contributed by atoms with van der Waals surface area (Å²) in [6.45, 7) is 3.71. The Labute approximate surface area is 105 Å². The van der Waals surface area contributed by atoms with Crippen molar-refractivity contribution >= 4 is 11.6 Å².